The minimum absolute atomic E-state index is 0.149. The van der Waals surface area contributed by atoms with Crippen LogP contribution < -0.4 is 16.2 Å². The predicted molar refractivity (Wildman–Crippen MR) is 120 cm³/mol. The summed E-state index contributed by atoms with van der Waals surface area (Å²) in [5.74, 6) is 0.198. The van der Waals surface area contributed by atoms with E-state index in [0.29, 0.717) is 17.9 Å². The molecule has 0 aliphatic rings. The molecule has 0 spiro atoms. The van der Waals surface area contributed by atoms with E-state index in [-0.39, 0.29) is 11.5 Å². The Balaban J connectivity index is 0.000000740. The van der Waals surface area contributed by atoms with Crippen LogP contribution in [0.1, 0.15) is 51.8 Å². The average Bonchev–Trinajstić information content (AvgIpc) is 2.64. The SMILES string of the molecule is C=O.CC(C)(C)CCN.CCCOc1cc(-c2cc(N)c(F)cc2C)cc(C)n1. The molecule has 4 N–H and O–H groups in total. The monoisotopic (exact) mass is 405 g/mol. The molecule has 0 unspecified atom stereocenters. The van der Waals surface area contributed by atoms with Crippen molar-refractivity contribution in [3.05, 3.63) is 41.3 Å². The summed E-state index contributed by atoms with van der Waals surface area (Å²) in [6.07, 6.45) is 2.04. The molecular formula is C23H36FN3O2. The van der Waals surface area contributed by atoms with Gasteiger partial charge in [-0.05, 0) is 73.5 Å². The van der Waals surface area contributed by atoms with E-state index in [0.717, 1.165) is 41.8 Å². The molecule has 6 heteroatoms. The fourth-order valence-electron chi connectivity index (χ4n) is 2.51. The van der Waals surface area contributed by atoms with E-state index in [9.17, 15) is 4.39 Å². The first-order valence-electron chi connectivity index (χ1n) is 9.73. The van der Waals surface area contributed by atoms with Gasteiger partial charge in [-0.1, -0.05) is 27.7 Å². The number of carbonyl (C=O) groups excluding carboxylic acids is 1. The zero-order valence-electron chi connectivity index (χ0n) is 18.6. The van der Waals surface area contributed by atoms with Crippen molar-refractivity contribution in [2.45, 2.75) is 54.4 Å². The van der Waals surface area contributed by atoms with Crippen LogP contribution in [0.2, 0.25) is 0 Å². The molecule has 0 radical (unpaired) electrons. The minimum Gasteiger partial charge on any atom is -0.478 e. The molecule has 0 saturated heterocycles. The van der Waals surface area contributed by atoms with Gasteiger partial charge in [-0.25, -0.2) is 9.37 Å². The van der Waals surface area contributed by atoms with E-state index in [4.69, 9.17) is 21.0 Å². The van der Waals surface area contributed by atoms with Crippen LogP contribution in [-0.2, 0) is 4.79 Å². The molecule has 1 heterocycles. The van der Waals surface area contributed by atoms with Gasteiger partial charge in [0.1, 0.15) is 12.6 Å². The highest BCUT2D eigenvalue weighted by Gasteiger charge is 2.10. The maximum atomic E-state index is 13.4. The van der Waals surface area contributed by atoms with E-state index in [1.165, 1.54) is 6.07 Å². The Morgan fingerprint density at radius 3 is 2.24 bits per heavy atom. The number of nitrogen functional groups attached to an aromatic ring is 1. The number of anilines is 1. The van der Waals surface area contributed by atoms with Gasteiger partial charge in [0.2, 0.25) is 5.88 Å². The summed E-state index contributed by atoms with van der Waals surface area (Å²) in [5.41, 5.74) is 15.1. The molecule has 2 rings (SSSR count). The van der Waals surface area contributed by atoms with Crippen LogP contribution in [0.3, 0.4) is 0 Å². The standard InChI is InChI=1S/C16H19FN2O.C6H15N.CH2O/c1-4-5-20-16-8-12(7-11(3)19-16)13-9-15(18)14(17)6-10(13)2;1-6(2,3)4-5-7;1-2/h6-9H,4-5,18H2,1-3H3;4-5,7H2,1-3H3;1H2. The number of nitrogens with zero attached hydrogens (tertiary/aromatic N) is 1. The van der Waals surface area contributed by atoms with Crippen molar-refractivity contribution in [3.63, 3.8) is 0 Å². The van der Waals surface area contributed by atoms with Crippen molar-refractivity contribution in [2.75, 3.05) is 18.9 Å². The number of rotatable bonds is 5. The number of ether oxygens (including phenoxy) is 1. The van der Waals surface area contributed by atoms with Gasteiger partial charge in [-0.2, -0.15) is 0 Å². The highest BCUT2D eigenvalue weighted by molar-refractivity contribution is 5.72. The first kappa shape index (κ1) is 26.5. The second-order valence-electron chi connectivity index (χ2n) is 7.97. The molecule has 0 saturated carbocycles. The van der Waals surface area contributed by atoms with E-state index in [2.05, 4.69) is 25.8 Å². The Morgan fingerprint density at radius 1 is 1.14 bits per heavy atom. The molecule has 0 fully saturated rings. The van der Waals surface area contributed by atoms with E-state index < -0.39 is 0 Å². The summed E-state index contributed by atoms with van der Waals surface area (Å²) in [7, 11) is 0. The van der Waals surface area contributed by atoms with E-state index >= 15 is 0 Å². The Morgan fingerprint density at radius 2 is 1.76 bits per heavy atom. The lowest BCUT2D eigenvalue weighted by molar-refractivity contribution is -0.0979. The Kier molecular flexibility index (Phi) is 11.8. The number of hydrogen-bond donors (Lipinski definition) is 2. The van der Waals surface area contributed by atoms with Gasteiger partial charge in [-0.3, -0.25) is 0 Å². The molecule has 0 aliphatic carbocycles. The third-order valence-corrected chi connectivity index (χ3v) is 3.93. The zero-order chi connectivity index (χ0) is 22.6. The molecule has 5 nitrogen and oxygen atoms in total. The van der Waals surface area contributed by atoms with Gasteiger partial charge >= 0.3 is 0 Å². The predicted octanol–water partition coefficient (Wildman–Crippen LogP) is 5.07. The molecule has 1 aromatic heterocycles. The Labute approximate surface area is 174 Å². The fraction of sp³-hybridized carbons (Fsp3) is 0.478. The molecule has 0 atom stereocenters. The lowest BCUT2D eigenvalue weighted by Gasteiger charge is -2.15. The smallest absolute Gasteiger partial charge is 0.214 e. The van der Waals surface area contributed by atoms with Crippen LogP contribution in [-0.4, -0.2) is 24.9 Å². The largest absolute Gasteiger partial charge is 0.478 e. The zero-order valence-corrected chi connectivity index (χ0v) is 18.6. The molecule has 1 aromatic carbocycles. The van der Waals surface area contributed by atoms with Crippen LogP contribution in [0.25, 0.3) is 11.1 Å². The van der Waals surface area contributed by atoms with Crippen molar-refractivity contribution in [1.29, 1.82) is 0 Å². The number of halogens is 1. The van der Waals surface area contributed by atoms with Crippen LogP contribution >= 0.6 is 0 Å². The number of benzene rings is 1. The molecular weight excluding hydrogens is 369 g/mol. The number of carbonyl (C=O) groups is 1. The maximum Gasteiger partial charge on any atom is 0.214 e. The molecule has 0 aliphatic heterocycles. The summed E-state index contributed by atoms with van der Waals surface area (Å²) in [6, 6.07) is 6.91. The third kappa shape index (κ3) is 10.0. The van der Waals surface area contributed by atoms with Gasteiger partial charge < -0.3 is 21.0 Å². The summed E-state index contributed by atoms with van der Waals surface area (Å²) in [6.45, 7) is 15.8. The lowest BCUT2D eigenvalue weighted by atomic mass is 9.93. The first-order chi connectivity index (χ1) is 13.6. The second kappa shape index (κ2) is 12.9. The van der Waals surface area contributed by atoms with Gasteiger partial charge in [0.25, 0.3) is 0 Å². The number of hydrogen-bond acceptors (Lipinski definition) is 5. The summed E-state index contributed by atoms with van der Waals surface area (Å²) in [4.78, 5) is 12.3. The fourth-order valence-corrected chi connectivity index (χ4v) is 2.51. The van der Waals surface area contributed by atoms with Gasteiger partial charge in [-0.15, -0.1) is 0 Å². The highest BCUT2D eigenvalue weighted by atomic mass is 19.1. The van der Waals surface area contributed by atoms with Crippen molar-refractivity contribution in [1.82, 2.24) is 4.98 Å². The van der Waals surface area contributed by atoms with E-state index in [1.54, 1.807) is 6.07 Å². The molecule has 2 aromatic rings. The molecule has 29 heavy (non-hydrogen) atoms. The maximum absolute atomic E-state index is 13.4. The first-order valence-corrected chi connectivity index (χ1v) is 9.73. The van der Waals surface area contributed by atoms with Crippen molar-refractivity contribution < 1.29 is 13.9 Å². The lowest BCUT2D eigenvalue weighted by Crippen LogP contribution is -2.12. The van der Waals surface area contributed by atoms with Gasteiger partial charge in [0.15, 0.2) is 0 Å². The summed E-state index contributed by atoms with van der Waals surface area (Å²) in [5, 5.41) is 0. The van der Waals surface area contributed by atoms with Crippen molar-refractivity contribution >= 4 is 12.5 Å². The molecule has 0 amide bonds. The van der Waals surface area contributed by atoms with Crippen LogP contribution in [0.5, 0.6) is 5.88 Å². The van der Waals surface area contributed by atoms with E-state index in [1.807, 2.05) is 39.7 Å². The van der Waals surface area contributed by atoms with Gasteiger partial charge in [0.05, 0.1) is 12.3 Å². The summed E-state index contributed by atoms with van der Waals surface area (Å²) >= 11 is 0. The average molecular weight is 406 g/mol. The number of aromatic nitrogens is 1. The topological polar surface area (TPSA) is 91.2 Å². The van der Waals surface area contributed by atoms with Gasteiger partial charge in [0, 0.05) is 11.8 Å². The highest BCUT2D eigenvalue weighted by Crippen LogP contribution is 2.29. The van der Waals surface area contributed by atoms with Crippen LogP contribution in [0.15, 0.2) is 24.3 Å². The molecule has 0 bridgehead atoms. The van der Waals surface area contributed by atoms with Crippen molar-refractivity contribution in [3.8, 4) is 17.0 Å². The number of pyridine rings is 1. The number of aryl methyl sites for hydroxylation is 2. The van der Waals surface area contributed by atoms with Crippen LogP contribution in [0, 0.1) is 25.1 Å². The minimum atomic E-state index is -0.389. The second-order valence-corrected chi connectivity index (χ2v) is 7.97. The Hall–Kier alpha value is -2.47. The Bertz CT molecular complexity index is 759. The molecule has 162 valence electrons. The quantitative estimate of drug-likeness (QED) is 0.678. The van der Waals surface area contributed by atoms with Crippen LogP contribution in [0.4, 0.5) is 10.1 Å². The normalized spacial score (nSPS) is 10.3. The third-order valence-electron chi connectivity index (χ3n) is 3.93. The number of nitrogens with two attached hydrogens (primary N) is 2. The van der Waals surface area contributed by atoms with Crippen molar-refractivity contribution in [2.24, 2.45) is 11.1 Å². The summed E-state index contributed by atoms with van der Waals surface area (Å²) < 4.78 is 19.0.